The summed E-state index contributed by atoms with van der Waals surface area (Å²) < 4.78 is 13.7. The van der Waals surface area contributed by atoms with Crippen molar-refractivity contribution in [2.45, 2.75) is 6.54 Å². The largest absolute Gasteiger partial charge is 0.395 e. The summed E-state index contributed by atoms with van der Waals surface area (Å²) in [6, 6.07) is 4.84. The lowest BCUT2D eigenvalue weighted by molar-refractivity contribution is 0.155. The minimum absolute atomic E-state index is 0.0208. The van der Waals surface area contributed by atoms with E-state index in [1.807, 2.05) is 11.0 Å². The maximum absolute atomic E-state index is 13.2. The molecule has 0 aliphatic rings. The van der Waals surface area contributed by atoms with Gasteiger partial charge in [0.05, 0.1) is 17.7 Å². The predicted molar refractivity (Wildman–Crippen MR) is 63.5 cm³/mol. The van der Waals surface area contributed by atoms with Crippen molar-refractivity contribution in [1.82, 2.24) is 4.90 Å². The van der Waals surface area contributed by atoms with E-state index < -0.39 is 0 Å². The zero-order valence-electron chi connectivity index (χ0n) is 8.87. The Kier molecular flexibility index (Phi) is 5.90. The summed E-state index contributed by atoms with van der Waals surface area (Å²) in [7, 11) is 0. The van der Waals surface area contributed by atoms with Gasteiger partial charge >= 0.3 is 0 Å². The van der Waals surface area contributed by atoms with E-state index in [0.717, 1.165) is 5.56 Å². The van der Waals surface area contributed by atoms with Crippen molar-refractivity contribution in [3.05, 3.63) is 34.1 Å². The molecule has 0 radical (unpaired) electrons. The number of aliphatic hydroxyl groups excluding tert-OH is 2. The van der Waals surface area contributed by atoms with Crippen molar-refractivity contribution < 1.29 is 14.6 Å². The van der Waals surface area contributed by atoms with E-state index in [9.17, 15) is 4.39 Å². The highest BCUT2D eigenvalue weighted by Crippen LogP contribution is 2.21. The summed E-state index contributed by atoms with van der Waals surface area (Å²) in [5, 5.41) is 17.7. The van der Waals surface area contributed by atoms with Crippen LogP contribution in [0.2, 0.25) is 0 Å². The van der Waals surface area contributed by atoms with Crippen molar-refractivity contribution in [2.24, 2.45) is 0 Å². The Morgan fingerprint density at radius 2 is 1.81 bits per heavy atom. The van der Waals surface area contributed by atoms with Gasteiger partial charge in [-0.05, 0) is 27.6 Å². The molecular weight excluding hydrogens is 277 g/mol. The number of hydrogen-bond donors (Lipinski definition) is 2. The van der Waals surface area contributed by atoms with Crippen LogP contribution in [0.3, 0.4) is 0 Å². The van der Waals surface area contributed by atoms with Gasteiger partial charge in [-0.2, -0.15) is 0 Å². The van der Waals surface area contributed by atoms with Crippen LogP contribution >= 0.6 is 15.9 Å². The maximum Gasteiger partial charge on any atom is 0.137 e. The Morgan fingerprint density at radius 3 is 2.38 bits per heavy atom. The second-order valence-corrected chi connectivity index (χ2v) is 4.23. The van der Waals surface area contributed by atoms with E-state index in [4.69, 9.17) is 10.2 Å². The van der Waals surface area contributed by atoms with Crippen LogP contribution in [0, 0.1) is 5.82 Å². The molecule has 0 atom stereocenters. The first-order valence-corrected chi connectivity index (χ1v) is 5.85. The molecule has 0 saturated heterocycles. The van der Waals surface area contributed by atoms with Crippen molar-refractivity contribution in [1.29, 1.82) is 0 Å². The highest BCUT2D eigenvalue weighted by molar-refractivity contribution is 9.10. The van der Waals surface area contributed by atoms with Crippen LogP contribution in [0.4, 0.5) is 4.39 Å². The van der Waals surface area contributed by atoms with E-state index in [2.05, 4.69) is 15.9 Å². The number of nitrogens with zero attached hydrogens (tertiary/aromatic N) is 1. The molecule has 1 rings (SSSR count). The van der Waals surface area contributed by atoms with Gasteiger partial charge in [0.15, 0.2) is 0 Å². The second-order valence-electron chi connectivity index (χ2n) is 3.44. The number of aliphatic hydroxyl groups is 2. The molecule has 90 valence electrons. The molecule has 0 aliphatic heterocycles. The third-order valence-electron chi connectivity index (χ3n) is 2.26. The Bertz CT molecular complexity index is 330. The van der Waals surface area contributed by atoms with Gasteiger partial charge in [0.2, 0.25) is 0 Å². The molecule has 1 aromatic carbocycles. The fourth-order valence-corrected chi connectivity index (χ4v) is 1.85. The average Bonchev–Trinajstić information content (AvgIpc) is 2.25. The molecular formula is C11H15BrFNO2. The highest BCUT2D eigenvalue weighted by atomic mass is 79.9. The van der Waals surface area contributed by atoms with Gasteiger partial charge in [-0.25, -0.2) is 4.39 Å². The van der Waals surface area contributed by atoms with Gasteiger partial charge in [-0.3, -0.25) is 4.90 Å². The standard InChI is InChI=1S/C11H15BrFNO2/c12-11-9(2-1-3-10(11)13)8-14(4-6-15)5-7-16/h1-3,15-16H,4-8H2. The van der Waals surface area contributed by atoms with E-state index in [0.29, 0.717) is 24.1 Å². The van der Waals surface area contributed by atoms with Crippen LogP contribution in [-0.4, -0.2) is 41.4 Å². The molecule has 0 bridgehead atoms. The molecule has 2 N–H and O–H groups in total. The van der Waals surface area contributed by atoms with Gasteiger partial charge < -0.3 is 10.2 Å². The smallest absolute Gasteiger partial charge is 0.137 e. The maximum atomic E-state index is 13.2. The molecule has 3 nitrogen and oxygen atoms in total. The zero-order chi connectivity index (χ0) is 12.0. The molecule has 0 aromatic heterocycles. The number of benzene rings is 1. The summed E-state index contributed by atoms with van der Waals surface area (Å²) in [6.07, 6.45) is 0. The first kappa shape index (κ1) is 13.6. The first-order chi connectivity index (χ1) is 7.69. The fraction of sp³-hybridized carbons (Fsp3) is 0.455. The van der Waals surface area contributed by atoms with Crippen molar-refractivity contribution in [3.63, 3.8) is 0 Å². The quantitative estimate of drug-likeness (QED) is 0.832. The average molecular weight is 292 g/mol. The summed E-state index contributed by atoms with van der Waals surface area (Å²) in [5.41, 5.74) is 0.807. The van der Waals surface area contributed by atoms with Crippen LogP contribution in [0.25, 0.3) is 0 Å². The molecule has 0 amide bonds. The third kappa shape index (κ3) is 3.83. The van der Waals surface area contributed by atoms with Gasteiger partial charge in [-0.1, -0.05) is 12.1 Å². The van der Waals surface area contributed by atoms with E-state index >= 15 is 0 Å². The second kappa shape index (κ2) is 6.96. The van der Waals surface area contributed by atoms with Crippen molar-refractivity contribution >= 4 is 15.9 Å². The molecule has 0 saturated carbocycles. The molecule has 0 fully saturated rings. The molecule has 16 heavy (non-hydrogen) atoms. The Morgan fingerprint density at radius 1 is 1.19 bits per heavy atom. The third-order valence-corrected chi connectivity index (χ3v) is 3.15. The van der Waals surface area contributed by atoms with Crippen LogP contribution < -0.4 is 0 Å². The van der Waals surface area contributed by atoms with Gasteiger partial charge in [0, 0.05) is 19.6 Å². The summed E-state index contributed by atoms with van der Waals surface area (Å²) >= 11 is 3.18. The Labute approximate surface area is 103 Å². The lowest BCUT2D eigenvalue weighted by atomic mass is 10.2. The van der Waals surface area contributed by atoms with Crippen molar-refractivity contribution in [3.8, 4) is 0 Å². The molecule has 0 spiro atoms. The van der Waals surface area contributed by atoms with Gasteiger partial charge in [0.1, 0.15) is 5.82 Å². The van der Waals surface area contributed by atoms with E-state index in [1.165, 1.54) is 6.07 Å². The first-order valence-electron chi connectivity index (χ1n) is 5.06. The monoisotopic (exact) mass is 291 g/mol. The molecule has 0 unspecified atom stereocenters. The van der Waals surface area contributed by atoms with Gasteiger partial charge in [0.25, 0.3) is 0 Å². The number of halogens is 2. The lowest BCUT2D eigenvalue weighted by Crippen LogP contribution is -2.29. The normalized spacial score (nSPS) is 11.1. The van der Waals surface area contributed by atoms with Crippen LogP contribution in [0.5, 0.6) is 0 Å². The summed E-state index contributed by atoms with van der Waals surface area (Å²) in [5.74, 6) is -0.301. The molecule has 0 heterocycles. The topological polar surface area (TPSA) is 43.7 Å². The highest BCUT2D eigenvalue weighted by Gasteiger charge is 2.09. The van der Waals surface area contributed by atoms with Gasteiger partial charge in [-0.15, -0.1) is 0 Å². The SMILES string of the molecule is OCCN(CCO)Cc1cccc(F)c1Br. The van der Waals surface area contributed by atoms with E-state index in [-0.39, 0.29) is 19.0 Å². The molecule has 5 heteroatoms. The van der Waals surface area contributed by atoms with Crippen LogP contribution in [0.1, 0.15) is 5.56 Å². The van der Waals surface area contributed by atoms with Crippen LogP contribution in [0.15, 0.2) is 22.7 Å². The molecule has 0 aliphatic carbocycles. The van der Waals surface area contributed by atoms with Crippen molar-refractivity contribution in [2.75, 3.05) is 26.3 Å². The minimum atomic E-state index is -0.301. The van der Waals surface area contributed by atoms with Crippen LogP contribution in [-0.2, 0) is 6.54 Å². The zero-order valence-corrected chi connectivity index (χ0v) is 10.5. The predicted octanol–water partition coefficient (Wildman–Crippen LogP) is 1.37. The minimum Gasteiger partial charge on any atom is -0.395 e. The summed E-state index contributed by atoms with van der Waals surface area (Å²) in [4.78, 5) is 1.86. The number of hydrogen-bond acceptors (Lipinski definition) is 3. The lowest BCUT2D eigenvalue weighted by Gasteiger charge is -2.20. The Balaban J connectivity index is 2.72. The number of rotatable bonds is 6. The summed E-state index contributed by atoms with van der Waals surface area (Å²) in [6.45, 7) is 1.46. The fourth-order valence-electron chi connectivity index (χ4n) is 1.46. The Hall–Kier alpha value is -0.490. The molecule has 1 aromatic rings. The van der Waals surface area contributed by atoms with E-state index in [1.54, 1.807) is 6.07 Å².